The van der Waals surface area contributed by atoms with E-state index in [0.717, 1.165) is 37.4 Å². The van der Waals surface area contributed by atoms with Crippen molar-refractivity contribution in [2.75, 3.05) is 20.2 Å². The number of hydrogen-bond acceptors (Lipinski definition) is 4. The van der Waals surface area contributed by atoms with Gasteiger partial charge in [0.2, 0.25) is 0 Å². The minimum absolute atomic E-state index is 0.112. The second-order valence-electron chi connectivity index (χ2n) is 5.34. The minimum atomic E-state index is -0.112. The monoisotopic (exact) mass is 300 g/mol. The Kier molecular flexibility index (Phi) is 4.39. The van der Waals surface area contributed by atoms with Crippen molar-refractivity contribution >= 4 is 5.91 Å². The summed E-state index contributed by atoms with van der Waals surface area (Å²) in [6.07, 6.45) is 3.72. The van der Waals surface area contributed by atoms with E-state index >= 15 is 0 Å². The molecule has 116 valence electrons. The van der Waals surface area contributed by atoms with Gasteiger partial charge in [-0.2, -0.15) is 5.10 Å². The number of rotatable bonds is 4. The molecule has 6 nitrogen and oxygen atoms in total. The highest BCUT2D eigenvalue weighted by molar-refractivity contribution is 5.92. The van der Waals surface area contributed by atoms with Gasteiger partial charge in [0.05, 0.1) is 12.8 Å². The Bertz CT molecular complexity index is 630. The Morgan fingerprint density at radius 2 is 2.00 bits per heavy atom. The Morgan fingerprint density at radius 1 is 1.27 bits per heavy atom. The van der Waals surface area contributed by atoms with Crippen molar-refractivity contribution in [1.29, 1.82) is 0 Å². The van der Waals surface area contributed by atoms with Gasteiger partial charge in [0.1, 0.15) is 5.75 Å². The number of piperidine rings is 1. The van der Waals surface area contributed by atoms with Crippen molar-refractivity contribution < 1.29 is 9.53 Å². The van der Waals surface area contributed by atoms with Crippen molar-refractivity contribution in [2.45, 2.75) is 18.9 Å². The van der Waals surface area contributed by atoms with Gasteiger partial charge in [0.25, 0.3) is 5.91 Å². The van der Waals surface area contributed by atoms with Crippen LogP contribution in [0.3, 0.4) is 0 Å². The van der Waals surface area contributed by atoms with E-state index in [0.29, 0.717) is 5.69 Å². The van der Waals surface area contributed by atoms with Gasteiger partial charge in [0, 0.05) is 12.2 Å². The van der Waals surface area contributed by atoms with Crippen LogP contribution in [0.5, 0.6) is 5.75 Å². The average Bonchev–Trinajstić information content (AvgIpc) is 3.06. The summed E-state index contributed by atoms with van der Waals surface area (Å²) in [7, 11) is 1.63. The molecule has 1 saturated heterocycles. The molecule has 1 amide bonds. The fourth-order valence-corrected chi connectivity index (χ4v) is 2.55. The third-order valence-electron chi connectivity index (χ3n) is 3.83. The number of carbonyl (C=O) groups excluding carboxylic acids is 1. The topological polar surface area (TPSA) is 68.2 Å². The lowest BCUT2D eigenvalue weighted by Gasteiger charge is -2.23. The number of benzene rings is 1. The Morgan fingerprint density at radius 3 is 2.68 bits per heavy atom. The van der Waals surface area contributed by atoms with Crippen LogP contribution in [0.4, 0.5) is 0 Å². The second-order valence-corrected chi connectivity index (χ2v) is 5.34. The summed E-state index contributed by atoms with van der Waals surface area (Å²) in [6.45, 7) is 1.90. The van der Waals surface area contributed by atoms with Crippen LogP contribution in [-0.4, -0.2) is 41.9 Å². The molecule has 22 heavy (non-hydrogen) atoms. The molecule has 1 aromatic heterocycles. The highest BCUT2D eigenvalue weighted by Crippen LogP contribution is 2.14. The third kappa shape index (κ3) is 3.28. The van der Waals surface area contributed by atoms with Crippen LogP contribution in [0.1, 0.15) is 23.3 Å². The van der Waals surface area contributed by atoms with E-state index in [9.17, 15) is 4.79 Å². The zero-order chi connectivity index (χ0) is 15.4. The van der Waals surface area contributed by atoms with Crippen LogP contribution < -0.4 is 15.4 Å². The maximum absolute atomic E-state index is 12.2. The lowest BCUT2D eigenvalue weighted by atomic mass is 10.1. The van der Waals surface area contributed by atoms with E-state index in [4.69, 9.17) is 4.74 Å². The van der Waals surface area contributed by atoms with Gasteiger partial charge in [-0.05, 0) is 56.3 Å². The van der Waals surface area contributed by atoms with Gasteiger partial charge in [0.15, 0.2) is 5.69 Å². The molecular weight excluding hydrogens is 280 g/mol. The molecule has 0 radical (unpaired) electrons. The number of carbonyl (C=O) groups is 1. The molecule has 0 bridgehead atoms. The van der Waals surface area contributed by atoms with E-state index in [1.807, 2.05) is 24.3 Å². The van der Waals surface area contributed by atoms with Gasteiger partial charge < -0.3 is 15.4 Å². The van der Waals surface area contributed by atoms with Gasteiger partial charge in [-0.1, -0.05) is 0 Å². The van der Waals surface area contributed by atoms with Crippen LogP contribution in [-0.2, 0) is 0 Å². The minimum Gasteiger partial charge on any atom is -0.497 e. The van der Waals surface area contributed by atoms with Crippen LogP contribution in [0.25, 0.3) is 5.69 Å². The Labute approximate surface area is 129 Å². The van der Waals surface area contributed by atoms with E-state index in [1.54, 1.807) is 24.1 Å². The number of nitrogens with zero attached hydrogens (tertiary/aromatic N) is 2. The third-order valence-corrected chi connectivity index (χ3v) is 3.83. The van der Waals surface area contributed by atoms with Crippen LogP contribution in [0, 0.1) is 0 Å². The van der Waals surface area contributed by atoms with E-state index in [-0.39, 0.29) is 11.9 Å². The Balaban J connectivity index is 1.68. The lowest BCUT2D eigenvalue weighted by Crippen LogP contribution is -2.42. The number of nitrogens with one attached hydrogen (secondary N) is 2. The van der Waals surface area contributed by atoms with Crippen molar-refractivity contribution in [3.05, 3.63) is 42.2 Å². The van der Waals surface area contributed by atoms with E-state index in [1.165, 1.54) is 0 Å². The summed E-state index contributed by atoms with van der Waals surface area (Å²) in [5.74, 6) is 0.680. The first-order valence-electron chi connectivity index (χ1n) is 7.48. The van der Waals surface area contributed by atoms with Gasteiger partial charge >= 0.3 is 0 Å². The van der Waals surface area contributed by atoms with E-state index in [2.05, 4.69) is 15.7 Å². The average molecular weight is 300 g/mol. The molecule has 1 aromatic carbocycles. The largest absolute Gasteiger partial charge is 0.497 e. The fourth-order valence-electron chi connectivity index (χ4n) is 2.55. The summed E-state index contributed by atoms with van der Waals surface area (Å²) in [4.78, 5) is 12.2. The summed E-state index contributed by atoms with van der Waals surface area (Å²) >= 11 is 0. The molecule has 1 aliphatic rings. The maximum atomic E-state index is 12.2. The van der Waals surface area contributed by atoms with Crippen LogP contribution >= 0.6 is 0 Å². The molecule has 0 spiro atoms. The molecule has 2 N–H and O–H groups in total. The molecule has 0 atom stereocenters. The molecule has 0 aliphatic carbocycles. The first-order valence-corrected chi connectivity index (χ1v) is 7.48. The van der Waals surface area contributed by atoms with Gasteiger partial charge in [-0.3, -0.25) is 4.79 Å². The molecule has 0 saturated carbocycles. The van der Waals surface area contributed by atoms with Crippen molar-refractivity contribution in [3.8, 4) is 11.4 Å². The smallest absolute Gasteiger partial charge is 0.272 e. The van der Waals surface area contributed by atoms with Crippen molar-refractivity contribution in [2.24, 2.45) is 0 Å². The van der Waals surface area contributed by atoms with E-state index < -0.39 is 0 Å². The van der Waals surface area contributed by atoms with Crippen molar-refractivity contribution in [1.82, 2.24) is 20.4 Å². The maximum Gasteiger partial charge on any atom is 0.272 e. The molecule has 2 aromatic rings. The first kappa shape index (κ1) is 14.6. The number of methoxy groups -OCH3 is 1. The fraction of sp³-hybridized carbons (Fsp3) is 0.375. The predicted molar refractivity (Wildman–Crippen MR) is 83.5 cm³/mol. The summed E-state index contributed by atoms with van der Waals surface area (Å²) in [6, 6.07) is 9.51. The standard InChI is InChI=1S/C16H20N4O2/c1-22-14-4-2-13(3-5-14)20-11-8-15(19-20)16(21)18-12-6-9-17-10-7-12/h2-5,8,11-12,17H,6-7,9-10H2,1H3,(H,18,21). The zero-order valence-electron chi connectivity index (χ0n) is 12.6. The highest BCUT2D eigenvalue weighted by Gasteiger charge is 2.18. The summed E-state index contributed by atoms with van der Waals surface area (Å²) in [5, 5.41) is 10.7. The number of aromatic nitrogens is 2. The van der Waals surface area contributed by atoms with Crippen LogP contribution in [0.2, 0.25) is 0 Å². The number of ether oxygens (including phenoxy) is 1. The molecular formula is C16H20N4O2. The number of hydrogen-bond donors (Lipinski definition) is 2. The predicted octanol–water partition coefficient (Wildman–Crippen LogP) is 1.36. The second kappa shape index (κ2) is 6.62. The summed E-state index contributed by atoms with van der Waals surface area (Å²) in [5.41, 5.74) is 1.33. The molecule has 1 aliphatic heterocycles. The van der Waals surface area contributed by atoms with Crippen molar-refractivity contribution in [3.63, 3.8) is 0 Å². The Hall–Kier alpha value is -2.34. The molecule has 0 unspecified atom stereocenters. The van der Waals surface area contributed by atoms with Crippen LogP contribution in [0.15, 0.2) is 36.5 Å². The van der Waals surface area contributed by atoms with Gasteiger partial charge in [-0.25, -0.2) is 4.68 Å². The first-order chi connectivity index (χ1) is 10.8. The molecule has 3 rings (SSSR count). The quantitative estimate of drug-likeness (QED) is 0.895. The zero-order valence-corrected chi connectivity index (χ0v) is 12.6. The lowest BCUT2D eigenvalue weighted by molar-refractivity contribution is 0.0924. The number of amides is 1. The molecule has 1 fully saturated rings. The normalized spacial score (nSPS) is 15.5. The molecule has 6 heteroatoms. The highest BCUT2D eigenvalue weighted by atomic mass is 16.5. The SMILES string of the molecule is COc1ccc(-n2ccc(C(=O)NC3CCNCC3)n2)cc1. The summed E-state index contributed by atoms with van der Waals surface area (Å²) < 4.78 is 6.83. The van der Waals surface area contributed by atoms with Gasteiger partial charge in [-0.15, -0.1) is 0 Å². The molecule has 2 heterocycles.